The van der Waals surface area contributed by atoms with Crippen molar-refractivity contribution in [1.29, 1.82) is 0 Å². The number of ether oxygens (including phenoxy) is 1. The van der Waals surface area contributed by atoms with Gasteiger partial charge in [0, 0.05) is 12.0 Å². The van der Waals surface area contributed by atoms with Crippen molar-refractivity contribution in [3.8, 4) is 5.75 Å². The van der Waals surface area contributed by atoms with E-state index in [2.05, 4.69) is 5.32 Å². The Kier molecular flexibility index (Phi) is 3.88. The van der Waals surface area contributed by atoms with E-state index in [9.17, 15) is 9.59 Å². The standard InChI is InChI=1S/C15H19NO3/c1-11(17)9-14(18)16-10-15(7-8-15)12-3-5-13(19-2)6-4-12/h3-6H,7-10H2,1-2H3,(H,16,18). The first-order valence-corrected chi connectivity index (χ1v) is 6.46. The monoisotopic (exact) mass is 261 g/mol. The molecule has 0 saturated heterocycles. The number of amides is 1. The van der Waals surface area contributed by atoms with Crippen molar-refractivity contribution in [1.82, 2.24) is 5.32 Å². The van der Waals surface area contributed by atoms with Gasteiger partial charge in [0.15, 0.2) is 0 Å². The minimum absolute atomic E-state index is 0.0291. The highest BCUT2D eigenvalue weighted by atomic mass is 16.5. The first-order valence-electron chi connectivity index (χ1n) is 6.46. The summed E-state index contributed by atoms with van der Waals surface area (Å²) in [5.41, 5.74) is 1.27. The summed E-state index contributed by atoms with van der Waals surface area (Å²) >= 11 is 0. The number of methoxy groups -OCH3 is 1. The fourth-order valence-electron chi connectivity index (χ4n) is 2.22. The molecule has 0 aromatic heterocycles. The SMILES string of the molecule is COc1ccc(C2(CNC(=O)CC(C)=O)CC2)cc1. The van der Waals surface area contributed by atoms with Crippen LogP contribution in [0, 0.1) is 0 Å². The van der Waals surface area contributed by atoms with Gasteiger partial charge in [0.2, 0.25) is 5.91 Å². The molecule has 0 unspecified atom stereocenters. The van der Waals surface area contributed by atoms with Gasteiger partial charge >= 0.3 is 0 Å². The van der Waals surface area contributed by atoms with Gasteiger partial charge in [-0.05, 0) is 37.5 Å². The van der Waals surface area contributed by atoms with Crippen LogP contribution in [0.4, 0.5) is 0 Å². The summed E-state index contributed by atoms with van der Waals surface area (Å²) in [7, 11) is 1.64. The summed E-state index contributed by atoms with van der Waals surface area (Å²) in [6.07, 6.45) is 2.11. The molecule has 0 heterocycles. The quantitative estimate of drug-likeness (QED) is 0.795. The molecule has 1 saturated carbocycles. The van der Waals surface area contributed by atoms with E-state index in [0.717, 1.165) is 18.6 Å². The largest absolute Gasteiger partial charge is 0.497 e. The highest BCUT2D eigenvalue weighted by Gasteiger charge is 2.44. The van der Waals surface area contributed by atoms with E-state index in [0.29, 0.717) is 6.54 Å². The Bertz CT molecular complexity index is 475. The number of carbonyl (C=O) groups is 2. The first-order chi connectivity index (χ1) is 9.05. The Morgan fingerprint density at radius 1 is 1.26 bits per heavy atom. The molecule has 0 radical (unpaired) electrons. The predicted molar refractivity (Wildman–Crippen MR) is 72.2 cm³/mol. The second kappa shape index (κ2) is 5.43. The highest BCUT2D eigenvalue weighted by molar-refractivity contribution is 5.96. The molecule has 1 aromatic rings. The second-order valence-corrected chi connectivity index (χ2v) is 5.16. The Morgan fingerprint density at radius 3 is 2.37 bits per heavy atom. The van der Waals surface area contributed by atoms with E-state index >= 15 is 0 Å². The van der Waals surface area contributed by atoms with Gasteiger partial charge in [-0.2, -0.15) is 0 Å². The number of Topliss-reactive ketones (excluding diaryl/α,β-unsaturated/α-hetero) is 1. The molecule has 1 aromatic carbocycles. The Labute approximate surface area is 113 Å². The molecule has 102 valence electrons. The van der Waals surface area contributed by atoms with Crippen molar-refractivity contribution < 1.29 is 14.3 Å². The summed E-state index contributed by atoms with van der Waals surface area (Å²) in [5.74, 6) is 0.541. The molecule has 19 heavy (non-hydrogen) atoms. The van der Waals surface area contributed by atoms with E-state index in [1.54, 1.807) is 7.11 Å². The lowest BCUT2D eigenvalue weighted by Gasteiger charge is -2.16. The van der Waals surface area contributed by atoms with Crippen LogP contribution in [-0.2, 0) is 15.0 Å². The van der Waals surface area contributed by atoms with Crippen LogP contribution in [0.5, 0.6) is 5.75 Å². The van der Waals surface area contributed by atoms with E-state index < -0.39 is 0 Å². The predicted octanol–water partition coefficient (Wildman–Crippen LogP) is 1.82. The lowest BCUT2D eigenvalue weighted by atomic mass is 9.96. The van der Waals surface area contributed by atoms with Crippen molar-refractivity contribution >= 4 is 11.7 Å². The van der Waals surface area contributed by atoms with Crippen molar-refractivity contribution in [2.75, 3.05) is 13.7 Å². The maximum Gasteiger partial charge on any atom is 0.227 e. The maximum atomic E-state index is 11.5. The number of carbonyl (C=O) groups excluding carboxylic acids is 2. The van der Waals surface area contributed by atoms with E-state index in [1.165, 1.54) is 12.5 Å². The Hall–Kier alpha value is -1.84. The van der Waals surface area contributed by atoms with Crippen LogP contribution in [0.2, 0.25) is 0 Å². The normalized spacial score (nSPS) is 15.7. The summed E-state index contributed by atoms with van der Waals surface area (Å²) in [5, 5.41) is 2.85. The summed E-state index contributed by atoms with van der Waals surface area (Å²) in [6.45, 7) is 2.03. The second-order valence-electron chi connectivity index (χ2n) is 5.16. The van der Waals surface area contributed by atoms with Gasteiger partial charge in [-0.15, -0.1) is 0 Å². The molecule has 4 heteroatoms. The van der Waals surface area contributed by atoms with Crippen LogP contribution in [0.3, 0.4) is 0 Å². The lowest BCUT2D eigenvalue weighted by molar-refractivity contribution is -0.127. The van der Waals surface area contributed by atoms with Gasteiger partial charge < -0.3 is 10.1 Å². The van der Waals surface area contributed by atoms with Crippen LogP contribution >= 0.6 is 0 Å². The molecule has 1 N–H and O–H groups in total. The van der Waals surface area contributed by atoms with Crippen LogP contribution in [-0.4, -0.2) is 25.3 Å². The average molecular weight is 261 g/mol. The molecule has 2 rings (SSSR count). The smallest absolute Gasteiger partial charge is 0.227 e. The molecular weight excluding hydrogens is 242 g/mol. The van der Waals surface area contributed by atoms with Crippen LogP contribution in [0.15, 0.2) is 24.3 Å². The van der Waals surface area contributed by atoms with E-state index in [4.69, 9.17) is 4.74 Å². The summed E-state index contributed by atoms with van der Waals surface area (Å²) < 4.78 is 5.14. The number of rotatable bonds is 6. The minimum Gasteiger partial charge on any atom is -0.497 e. The van der Waals surface area contributed by atoms with Crippen molar-refractivity contribution in [3.63, 3.8) is 0 Å². The Morgan fingerprint density at radius 2 is 1.89 bits per heavy atom. The third kappa shape index (κ3) is 3.34. The third-order valence-electron chi connectivity index (χ3n) is 3.59. The van der Waals surface area contributed by atoms with E-state index in [1.807, 2.05) is 24.3 Å². The molecule has 1 amide bonds. The fraction of sp³-hybridized carbons (Fsp3) is 0.467. The molecule has 0 bridgehead atoms. The zero-order chi connectivity index (χ0) is 13.9. The third-order valence-corrected chi connectivity index (χ3v) is 3.59. The van der Waals surface area contributed by atoms with Crippen LogP contribution in [0.1, 0.15) is 31.7 Å². The van der Waals surface area contributed by atoms with Crippen LogP contribution in [0.25, 0.3) is 0 Å². The van der Waals surface area contributed by atoms with Gasteiger partial charge in [0.05, 0.1) is 13.5 Å². The number of nitrogens with one attached hydrogen (secondary N) is 1. The summed E-state index contributed by atoms with van der Waals surface area (Å²) in [6, 6.07) is 7.96. The zero-order valence-electron chi connectivity index (χ0n) is 11.4. The topological polar surface area (TPSA) is 55.4 Å². The van der Waals surface area contributed by atoms with Crippen molar-refractivity contribution in [2.45, 2.75) is 31.6 Å². The van der Waals surface area contributed by atoms with Crippen molar-refractivity contribution in [3.05, 3.63) is 29.8 Å². The fourth-order valence-corrected chi connectivity index (χ4v) is 2.22. The molecule has 1 fully saturated rings. The lowest BCUT2D eigenvalue weighted by Crippen LogP contribution is -2.33. The van der Waals surface area contributed by atoms with E-state index in [-0.39, 0.29) is 23.5 Å². The molecular formula is C15H19NO3. The van der Waals surface area contributed by atoms with Crippen LogP contribution < -0.4 is 10.1 Å². The number of ketones is 1. The number of benzene rings is 1. The Balaban J connectivity index is 1.95. The molecule has 0 aliphatic heterocycles. The zero-order valence-corrected chi connectivity index (χ0v) is 11.4. The average Bonchev–Trinajstić information content (AvgIpc) is 3.17. The first kappa shape index (κ1) is 13.6. The van der Waals surface area contributed by atoms with Gasteiger partial charge in [-0.1, -0.05) is 12.1 Å². The van der Waals surface area contributed by atoms with Crippen molar-refractivity contribution in [2.24, 2.45) is 0 Å². The number of hydrogen-bond donors (Lipinski definition) is 1. The van der Waals surface area contributed by atoms with Gasteiger partial charge in [0.25, 0.3) is 0 Å². The molecule has 1 aliphatic carbocycles. The molecule has 4 nitrogen and oxygen atoms in total. The van der Waals surface area contributed by atoms with Gasteiger partial charge in [0.1, 0.15) is 11.5 Å². The van der Waals surface area contributed by atoms with Gasteiger partial charge in [-0.25, -0.2) is 0 Å². The maximum absolute atomic E-state index is 11.5. The number of hydrogen-bond acceptors (Lipinski definition) is 3. The molecule has 1 aliphatic rings. The summed E-state index contributed by atoms with van der Waals surface area (Å²) in [4.78, 5) is 22.4. The van der Waals surface area contributed by atoms with Gasteiger partial charge in [-0.3, -0.25) is 9.59 Å². The highest BCUT2D eigenvalue weighted by Crippen LogP contribution is 2.47. The molecule has 0 spiro atoms. The molecule has 0 atom stereocenters. The minimum atomic E-state index is -0.188.